The number of carboxylic acids is 1. The second kappa shape index (κ2) is 3.61. The van der Waals surface area contributed by atoms with Gasteiger partial charge >= 0.3 is 5.97 Å². The van der Waals surface area contributed by atoms with Gasteiger partial charge in [0.1, 0.15) is 11.4 Å². The molecule has 0 amide bonds. The highest BCUT2D eigenvalue weighted by atomic mass is 19.1. The molecule has 0 saturated carbocycles. The molecule has 5 nitrogen and oxygen atoms in total. The van der Waals surface area contributed by atoms with Gasteiger partial charge in [0.25, 0.3) is 0 Å². The van der Waals surface area contributed by atoms with Crippen LogP contribution in [0.15, 0.2) is 28.4 Å². The highest BCUT2D eigenvalue weighted by Gasteiger charge is 2.12. The van der Waals surface area contributed by atoms with Gasteiger partial charge in [-0.1, -0.05) is 0 Å². The van der Waals surface area contributed by atoms with Gasteiger partial charge in [-0.15, -0.1) is 0 Å². The number of allylic oxidation sites excluding steroid dienone is 1. The third-order valence-electron chi connectivity index (χ3n) is 1.29. The van der Waals surface area contributed by atoms with E-state index in [1.165, 1.54) is 0 Å². The summed E-state index contributed by atoms with van der Waals surface area (Å²) in [4.78, 5) is 13.9. The normalized spacial score (nSPS) is 18.7. The molecule has 0 fully saturated rings. The van der Waals surface area contributed by atoms with Crippen LogP contribution in [0.1, 0.15) is 0 Å². The van der Waals surface area contributed by atoms with Crippen molar-refractivity contribution in [2.45, 2.75) is 0 Å². The molecule has 0 aromatic heterocycles. The summed E-state index contributed by atoms with van der Waals surface area (Å²) in [6, 6.07) is 0. The van der Waals surface area contributed by atoms with E-state index in [0.717, 1.165) is 12.4 Å². The van der Waals surface area contributed by atoms with Crippen LogP contribution in [0.5, 0.6) is 0 Å². The van der Waals surface area contributed by atoms with Crippen LogP contribution >= 0.6 is 0 Å². The average Bonchev–Trinajstić information content (AvgIpc) is 2.09. The molecule has 13 heavy (non-hydrogen) atoms. The Hall–Kier alpha value is -1.98. The molecule has 0 aromatic rings. The molecule has 0 unspecified atom stereocenters. The van der Waals surface area contributed by atoms with Crippen LogP contribution in [0.25, 0.3) is 0 Å². The first kappa shape index (κ1) is 9.11. The fraction of sp³-hybridized carbons (Fsp3) is 0. The third-order valence-corrected chi connectivity index (χ3v) is 1.29. The van der Waals surface area contributed by atoms with Crippen molar-refractivity contribution in [1.82, 2.24) is 5.32 Å². The van der Waals surface area contributed by atoms with E-state index in [9.17, 15) is 9.18 Å². The standard InChI is InChI=1S/C7H6FN3O2/c8-4-2-10-6(11-3-4)5(1-9)7(12)13/h1-3,9-10H,(H,12,13)/b6-5-,9-1?. The van der Waals surface area contributed by atoms with Crippen molar-refractivity contribution in [2.24, 2.45) is 4.99 Å². The lowest BCUT2D eigenvalue weighted by atomic mass is 10.3. The maximum Gasteiger partial charge on any atom is 0.341 e. The first-order chi connectivity index (χ1) is 6.15. The van der Waals surface area contributed by atoms with E-state index >= 15 is 0 Å². The lowest BCUT2D eigenvalue weighted by Gasteiger charge is -2.07. The van der Waals surface area contributed by atoms with Crippen LogP contribution in [-0.4, -0.2) is 23.5 Å². The first-order valence-electron chi connectivity index (χ1n) is 3.29. The van der Waals surface area contributed by atoms with Crippen molar-refractivity contribution in [3.05, 3.63) is 23.4 Å². The highest BCUT2D eigenvalue weighted by molar-refractivity contribution is 6.08. The molecule has 0 bridgehead atoms. The van der Waals surface area contributed by atoms with Gasteiger partial charge in [-0.25, -0.2) is 14.2 Å². The van der Waals surface area contributed by atoms with Gasteiger partial charge in [-0.3, -0.25) is 0 Å². The summed E-state index contributed by atoms with van der Waals surface area (Å²) in [5.41, 5.74) is -0.319. The zero-order chi connectivity index (χ0) is 9.84. The summed E-state index contributed by atoms with van der Waals surface area (Å²) in [5, 5.41) is 17.7. The molecule has 68 valence electrons. The number of carbonyl (C=O) groups is 1. The molecule has 0 saturated heterocycles. The van der Waals surface area contributed by atoms with Crippen LogP contribution < -0.4 is 5.32 Å². The second-order valence-corrected chi connectivity index (χ2v) is 2.14. The van der Waals surface area contributed by atoms with E-state index in [1.807, 2.05) is 0 Å². The van der Waals surface area contributed by atoms with Crippen molar-refractivity contribution in [3.63, 3.8) is 0 Å². The topological polar surface area (TPSA) is 85.5 Å². The van der Waals surface area contributed by atoms with Crippen molar-refractivity contribution >= 4 is 18.4 Å². The fourth-order valence-electron chi connectivity index (χ4n) is 0.717. The average molecular weight is 183 g/mol. The van der Waals surface area contributed by atoms with Gasteiger partial charge in [-0.2, -0.15) is 0 Å². The van der Waals surface area contributed by atoms with Gasteiger partial charge in [0.05, 0.1) is 6.21 Å². The van der Waals surface area contributed by atoms with Crippen LogP contribution in [0.4, 0.5) is 4.39 Å². The quantitative estimate of drug-likeness (QED) is 0.428. The van der Waals surface area contributed by atoms with E-state index in [4.69, 9.17) is 10.5 Å². The molecular formula is C7H6FN3O2. The lowest BCUT2D eigenvalue weighted by molar-refractivity contribution is -0.132. The zero-order valence-electron chi connectivity index (χ0n) is 6.41. The Morgan fingerprint density at radius 3 is 2.85 bits per heavy atom. The van der Waals surface area contributed by atoms with Crippen molar-refractivity contribution in [1.29, 1.82) is 5.41 Å². The number of nitrogens with zero attached hydrogens (tertiary/aromatic N) is 1. The summed E-state index contributed by atoms with van der Waals surface area (Å²) in [7, 11) is 0. The Labute approximate surface area is 72.8 Å². The minimum atomic E-state index is -1.29. The minimum Gasteiger partial charge on any atom is -0.477 e. The highest BCUT2D eigenvalue weighted by Crippen LogP contribution is 2.06. The molecule has 0 aliphatic carbocycles. The number of aliphatic carboxylic acids is 1. The van der Waals surface area contributed by atoms with E-state index in [2.05, 4.69) is 10.3 Å². The molecule has 1 aliphatic rings. The Morgan fingerprint density at radius 1 is 1.77 bits per heavy atom. The Balaban J connectivity index is 3.01. The van der Waals surface area contributed by atoms with Crippen molar-refractivity contribution in [3.8, 4) is 0 Å². The SMILES string of the molecule is N=C/C(C(=O)O)=C1/N=CC(F)=CN1. The second-order valence-electron chi connectivity index (χ2n) is 2.14. The number of carboxylic acid groups (broad SMARTS) is 1. The predicted octanol–water partition coefficient (Wildman–Crippen LogP) is 0.417. The third kappa shape index (κ3) is 1.98. The summed E-state index contributed by atoms with van der Waals surface area (Å²) < 4.78 is 12.3. The fourth-order valence-corrected chi connectivity index (χ4v) is 0.717. The Morgan fingerprint density at radius 2 is 2.46 bits per heavy atom. The largest absolute Gasteiger partial charge is 0.477 e. The Kier molecular flexibility index (Phi) is 2.53. The van der Waals surface area contributed by atoms with Crippen molar-refractivity contribution < 1.29 is 14.3 Å². The molecule has 0 spiro atoms. The number of hydrogen-bond acceptors (Lipinski definition) is 4. The number of aliphatic imine (C=N–C) groups is 1. The maximum atomic E-state index is 12.3. The van der Waals surface area contributed by atoms with E-state index in [-0.39, 0.29) is 11.4 Å². The molecule has 0 aromatic carbocycles. The van der Waals surface area contributed by atoms with Gasteiger partial charge in [0, 0.05) is 12.4 Å². The minimum absolute atomic E-state index is 0.0519. The first-order valence-corrected chi connectivity index (χ1v) is 3.29. The number of rotatable bonds is 2. The van der Waals surface area contributed by atoms with E-state index < -0.39 is 11.8 Å². The molecule has 3 N–H and O–H groups in total. The summed E-state index contributed by atoms with van der Waals surface area (Å²) >= 11 is 0. The lowest BCUT2D eigenvalue weighted by Crippen LogP contribution is -2.16. The van der Waals surface area contributed by atoms with Crippen LogP contribution in [0, 0.1) is 5.41 Å². The maximum absolute atomic E-state index is 12.3. The molecule has 1 rings (SSSR count). The van der Waals surface area contributed by atoms with Crippen LogP contribution in [0.3, 0.4) is 0 Å². The van der Waals surface area contributed by atoms with E-state index in [1.54, 1.807) is 0 Å². The van der Waals surface area contributed by atoms with Crippen LogP contribution in [-0.2, 0) is 4.79 Å². The molecule has 0 atom stereocenters. The van der Waals surface area contributed by atoms with Gasteiger partial charge in [0.2, 0.25) is 0 Å². The molecule has 1 heterocycles. The summed E-state index contributed by atoms with van der Waals surface area (Å²) in [6.07, 6.45) is 2.48. The number of hydrogen-bond donors (Lipinski definition) is 3. The monoisotopic (exact) mass is 183 g/mol. The number of halogens is 1. The Bertz CT molecular complexity index is 344. The molecule has 0 radical (unpaired) electrons. The summed E-state index contributed by atoms with van der Waals surface area (Å²) in [5.74, 6) is -1.94. The summed E-state index contributed by atoms with van der Waals surface area (Å²) in [6.45, 7) is 0. The van der Waals surface area contributed by atoms with Gasteiger partial charge in [0.15, 0.2) is 5.83 Å². The molecule has 1 aliphatic heterocycles. The molecular weight excluding hydrogens is 177 g/mol. The van der Waals surface area contributed by atoms with Crippen LogP contribution in [0.2, 0.25) is 0 Å². The van der Waals surface area contributed by atoms with E-state index in [0.29, 0.717) is 6.21 Å². The predicted molar refractivity (Wildman–Crippen MR) is 44.3 cm³/mol. The number of nitrogens with one attached hydrogen (secondary N) is 2. The molecule has 6 heteroatoms. The smallest absolute Gasteiger partial charge is 0.341 e. The van der Waals surface area contributed by atoms with Gasteiger partial charge < -0.3 is 15.8 Å². The van der Waals surface area contributed by atoms with Crippen molar-refractivity contribution in [2.75, 3.05) is 0 Å². The van der Waals surface area contributed by atoms with Gasteiger partial charge in [-0.05, 0) is 0 Å². The zero-order valence-corrected chi connectivity index (χ0v) is 6.41.